The predicted molar refractivity (Wildman–Crippen MR) is 99.7 cm³/mol. The molecule has 0 amide bonds. The van der Waals surface area contributed by atoms with E-state index >= 15 is 0 Å². The van der Waals surface area contributed by atoms with Crippen LogP contribution in [0.25, 0.3) is 10.9 Å². The average Bonchev–Trinajstić information content (AvgIpc) is 3.29. The summed E-state index contributed by atoms with van der Waals surface area (Å²) in [5.74, 6) is 0.588. The van der Waals surface area contributed by atoms with E-state index in [0.717, 1.165) is 29.4 Å². The zero-order chi connectivity index (χ0) is 16.8. The van der Waals surface area contributed by atoms with Gasteiger partial charge in [0.2, 0.25) is 5.95 Å². The first kappa shape index (κ1) is 18.6. The van der Waals surface area contributed by atoms with Crippen molar-refractivity contribution in [2.45, 2.75) is 12.8 Å². The molecule has 0 aliphatic heterocycles. The molecule has 0 radical (unpaired) electrons. The first-order valence-corrected chi connectivity index (χ1v) is 7.73. The first-order valence-electron chi connectivity index (χ1n) is 7.73. The molecule has 0 saturated heterocycles. The van der Waals surface area contributed by atoms with Crippen LogP contribution in [0.2, 0.25) is 0 Å². The summed E-state index contributed by atoms with van der Waals surface area (Å²) in [6.07, 6.45) is 19.3. The van der Waals surface area contributed by atoms with E-state index in [1.807, 2.05) is 36.6 Å². The van der Waals surface area contributed by atoms with Gasteiger partial charge in [-0.3, -0.25) is 6.08 Å². The molecular weight excluding hydrogens is 354 g/mol. The molecule has 1 aromatic carbocycles. The maximum absolute atomic E-state index is 5.85. The molecular formula is C19H19FeN5. The SMILES string of the molecule is Nc1nc(N)c2cc(N/C=C3\C=CC[CH-]3)ccc2n1.[C-]1=CC=CC1.[Fe+2]. The number of benzene rings is 1. The molecule has 1 heterocycles. The summed E-state index contributed by atoms with van der Waals surface area (Å²) in [4.78, 5) is 8.11. The van der Waals surface area contributed by atoms with Crippen LogP contribution in [0.4, 0.5) is 17.5 Å². The number of fused-ring (bicyclic) bond motifs is 1. The zero-order valence-corrected chi connectivity index (χ0v) is 14.7. The predicted octanol–water partition coefficient (Wildman–Crippen LogP) is 3.56. The molecule has 4 rings (SSSR count). The molecule has 0 spiro atoms. The van der Waals surface area contributed by atoms with Crippen LogP contribution in [0.5, 0.6) is 0 Å². The third-order valence-electron chi connectivity index (χ3n) is 3.53. The second-order valence-corrected chi connectivity index (χ2v) is 5.33. The van der Waals surface area contributed by atoms with Crippen molar-refractivity contribution in [3.8, 4) is 0 Å². The van der Waals surface area contributed by atoms with Gasteiger partial charge in [0.15, 0.2) is 0 Å². The number of rotatable bonds is 2. The Bertz CT molecular complexity index is 842. The number of nitrogens with two attached hydrogens (primary N) is 2. The van der Waals surface area contributed by atoms with Crippen LogP contribution in [-0.2, 0) is 17.1 Å². The Morgan fingerprint density at radius 1 is 1.20 bits per heavy atom. The van der Waals surface area contributed by atoms with Gasteiger partial charge in [0.25, 0.3) is 0 Å². The molecule has 128 valence electrons. The molecule has 1 aromatic heterocycles. The van der Waals surface area contributed by atoms with Crippen molar-refractivity contribution in [1.82, 2.24) is 9.97 Å². The Hall–Kier alpha value is -2.69. The van der Waals surface area contributed by atoms with Gasteiger partial charge in [0, 0.05) is 11.1 Å². The molecule has 0 bridgehead atoms. The van der Waals surface area contributed by atoms with Gasteiger partial charge in [-0.15, -0.1) is 18.7 Å². The van der Waals surface area contributed by atoms with Gasteiger partial charge in [0.1, 0.15) is 5.82 Å². The Labute approximate surface area is 158 Å². The summed E-state index contributed by atoms with van der Waals surface area (Å²) in [5.41, 5.74) is 14.3. The number of nitrogens with zero attached hydrogens (tertiary/aromatic N) is 2. The summed E-state index contributed by atoms with van der Waals surface area (Å²) in [6, 6.07) is 5.72. The van der Waals surface area contributed by atoms with Crippen LogP contribution in [0.15, 0.2) is 60.4 Å². The van der Waals surface area contributed by atoms with Crippen LogP contribution < -0.4 is 16.8 Å². The number of nitrogen functional groups attached to an aromatic ring is 2. The van der Waals surface area contributed by atoms with Crippen molar-refractivity contribution in [2.75, 3.05) is 16.8 Å². The van der Waals surface area contributed by atoms with Crippen molar-refractivity contribution in [3.05, 3.63) is 72.8 Å². The Morgan fingerprint density at radius 2 is 2.08 bits per heavy atom. The van der Waals surface area contributed by atoms with Gasteiger partial charge >= 0.3 is 17.1 Å². The van der Waals surface area contributed by atoms with Gasteiger partial charge < -0.3 is 16.8 Å². The van der Waals surface area contributed by atoms with E-state index in [1.54, 1.807) is 0 Å². The molecule has 2 aliphatic carbocycles. The van der Waals surface area contributed by atoms with Gasteiger partial charge in [-0.05, 0) is 18.2 Å². The minimum absolute atomic E-state index is 0. The normalized spacial score (nSPS) is 15.6. The number of aromatic nitrogens is 2. The van der Waals surface area contributed by atoms with Crippen LogP contribution in [0.1, 0.15) is 12.8 Å². The van der Waals surface area contributed by atoms with Crippen LogP contribution in [-0.4, -0.2) is 9.97 Å². The Morgan fingerprint density at radius 3 is 2.72 bits per heavy atom. The largest absolute Gasteiger partial charge is 2.00 e. The van der Waals surface area contributed by atoms with E-state index < -0.39 is 0 Å². The van der Waals surface area contributed by atoms with Gasteiger partial charge in [0.05, 0.1) is 5.52 Å². The molecule has 2 aromatic rings. The minimum atomic E-state index is 0. The molecule has 0 atom stereocenters. The number of anilines is 3. The molecule has 5 nitrogen and oxygen atoms in total. The smallest absolute Gasteiger partial charge is 0.414 e. The monoisotopic (exact) mass is 373 g/mol. The number of allylic oxidation sites excluding steroid dienone is 7. The quantitative estimate of drug-likeness (QED) is 0.553. The average molecular weight is 373 g/mol. The fourth-order valence-electron chi connectivity index (χ4n) is 2.35. The van der Waals surface area contributed by atoms with Gasteiger partial charge in [-0.2, -0.15) is 29.1 Å². The number of hydrogen-bond donors (Lipinski definition) is 3. The Kier molecular flexibility index (Phi) is 6.69. The van der Waals surface area contributed by atoms with Crippen LogP contribution >= 0.6 is 0 Å². The van der Waals surface area contributed by atoms with E-state index in [9.17, 15) is 0 Å². The standard InChI is InChI=1S/C14H14N5.C5H5.Fe/c15-13-11-7-10(17-8-9-3-1-2-4-9)5-6-12(11)18-14(16)19-13;1-2-4-5-3-1;/h1,3-8,17H,2H2,(H4,15,16,18,19);1-3H,4H2;/q2*-1;+2/b9-8+;;. The van der Waals surface area contributed by atoms with Crippen molar-refractivity contribution in [1.29, 1.82) is 0 Å². The minimum Gasteiger partial charge on any atom is -0.414 e. The van der Waals surface area contributed by atoms with E-state index in [2.05, 4.69) is 46.0 Å². The first-order chi connectivity index (χ1) is 11.7. The summed E-state index contributed by atoms with van der Waals surface area (Å²) < 4.78 is 0. The third kappa shape index (κ3) is 5.14. The fourth-order valence-corrected chi connectivity index (χ4v) is 2.35. The fraction of sp³-hybridized carbons (Fsp3) is 0.105. The van der Waals surface area contributed by atoms with Gasteiger partial charge in [-0.25, -0.2) is 17.1 Å². The number of hydrogen-bond acceptors (Lipinski definition) is 5. The van der Waals surface area contributed by atoms with Gasteiger partial charge in [-0.1, -0.05) is 6.42 Å². The summed E-state index contributed by atoms with van der Waals surface area (Å²) >= 11 is 0. The topological polar surface area (TPSA) is 89.8 Å². The molecule has 0 fully saturated rings. The molecule has 0 unspecified atom stereocenters. The van der Waals surface area contributed by atoms with E-state index in [0.29, 0.717) is 5.82 Å². The second-order valence-electron chi connectivity index (χ2n) is 5.33. The van der Waals surface area contributed by atoms with E-state index in [1.165, 1.54) is 5.57 Å². The maximum Gasteiger partial charge on any atom is 2.00 e. The molecule has 6 heteroatoms. The van der Waals surface area contributed by atoms with Crippen LogP contribution in [0, 0.1) is 12.5 Å². The number of nitrogens with one attached hydrogen (secondary N) is 1. The summed E-state index contributed by atoms with van der Waals surface area (Å²) in [5, 5.41) is 4.03. The van der Waals surface area contributed by atoms with Crippen LogP contribution in [0.3, 0.4) is 0 Å². The summed E-state index contributed by atoms with van der Waals surface area (Å²) in [7, 11) is 0. The van der Waals surface area contributed by atoms with E-state index in [-0.39, 0.29) is 23.0 Å². The van der Waals surface area contributed by atoms with Crippen molar-refractivity contribution < 1.29 is 17.1 Å². The van der Waals surface area contributed by atoms with Crippen molar-refractivity contribution in [3.63, 3.8) is 0 Å². The molecule has 5 N–H and O–H groups in total. The van der Waals surface area contributed by atoms with E-state index in [4.69, 9.17) is 11.5 Å². The molecule has 0 saturated carbocycles. The Balaban J connectivity index is 0.000000325. The molecule has 25 heavy (non-hydrogen) atoms. The van der Waals surface area contributed by atoms with Crippen molar-refractivity contribution in [2.24, 2.45) is 0 Å². The second kappa shape index (κ2) is 8.97. The third-order valence-corrected chi connectivity index (χ3v) is 3.53. The zero-order valence-electron chi connectivity index (χ0n) is 13.6. The maximum atomic E-state index is 5.85. The summed E-state index contributed by atoms with van der Waals surface area (Å²) in [6.45, 7) is 0. The van der Waals surface area contributed by atoms with Crippen molar-refractivity contribution >= 4 is 28.4 Å². The molecule has 2 aliphatic rings.